The number of carbonyl (C=O) groups excluding carboxylic acids is 2. The average molecular weight is 393 g/mol. The van der Waals surface area contributed by atoms with Crippen LogP contribution >= 0.6 is 0 Å². The molecule has 150 valence electrons. The summed E-state index contributed by atoms with van der Waals surface area (Å²) in [6.45, 7) is -1.39. The van der Waals surface area contributed by atoms with Crippen LogP contribution in [0.3, 0.4) is 0 Å². The maximum atomic E-state index is 12.1. The van der Waals surface area contributed by atoms with Crippen molar-refractivity contribution in [2.45, 2.75) is 20.0 Å². The minimum atomic E-state index is -2.87. The van der Waals surface area contributed by atoms with Crippen molar-refractivity contribution in [3.05, 3.63) is 59.7 Å². The Hall–Kier alpha value is -3.16. The van der Waals surface area contributed by atoms with Crippen LogP contribution in [0.25, 0.3) is 0 Å². The Morgan fingerprint density at radius 1 is 1.04 bits per heavy atom. The van der Waals surface area contributed by atoms with E-state index in [-0.39, 0.29) is 12.4 Å². The molecule has 0 aliphatic carbocycles. The SMILES string of the molecule is Cc1ccccc1OCC(=O)OCC(=O)NCCc1ccc(OC(F)F)cc1. The molecule has 28 heavy (non-hydrogen) atoms. The lowest BCUT2D eigenvalue weighted by molar-refractivity contribution is -0.150. The van der Waals surface area contributed by atoms with Gasteiger partial charge in [-0.25, -0.2) is 4.79 Å². The van der Waals surface area contributed by atoms with Gasteiger partial charge in [0, 0.05) is 6.54 Å². The highest BCUT2D eigenvalue weighted by Crippen LogP contribution is 2.16. The lowest BCUT2D eigenvalue weighted by atomic mass is 10.1. The number of halogens is 2. The maximum Gasteiger partial charge on any atom is 0.387 e. The lowest BCUT2D eigenvalue weighted by Crippen LogP contribution is -2.31. The first-order valence-electron chi connectivity index (χ1n) is 8.58. The summed E-state index contributed by atoms with van der Waals surface area (Å²) in [6, 6.07) is 13.4. The van der Waals surface area contributed by atoms with Gasteiger partial charge in [0.15, 0.2) is 13.2 Å². The third-order valence-corrected chi connectivity index (χ3v) is 3.69. The summed E-state index contributed by atoms with van der Waals surface area (Å²) in [7, 11) is 0. The zero-order valence-corrected chi connectivity index (χ0v) is 15.3. The summed E-state index contributed by atoms with van der Waals surface area (Å²) in [4.78, 5) is 23.4. The molecule has 0 aromatic heterocycles. The molecule has 0 saturated heterocycles. The van der Waals surface area contributed by atoms with Crippen molar-refractivity contribution < 1.29 is 32.6 Å². The number of ether oxygens (including phenoxy) is 3. The van der Waals surface area contributed by atoms with Gasteiger partial charge >= 0.3 is 12.6 Å². The average Bonchev–Trinajstić information content (AvgIpc) is 2.66. The Morgan fingerprint density at radius 2 is 1.75 bits per heavy atom. The van der Waals surface area contributed by atoms with E-state index < -0.39 is 25.1 Å². The molecule has 0 unspecified atom stereocenters. The molecule has 6 nitrogen and oxygen atoms in total. The topological polar surface area (TPSA) is 73.9 Å². The predicted octanol–water partition coefficient (Wildman–Crippen LogP) is 2.88. The minimum absolute atomic E-state index is 0.0719. The Bertz CT molecular complexity index is 780. The van der Waals surface area contributed by atoms with E-state index in [4.69, 9.17) is 9.47 Å². The molecule has 0 aliphatic rings. The molecule has 1 amide bonds. The van der Waals surface area contributed by atoms with Crippen LogP contribution in [0.1, 0.15) is 11.1 Å². The molecule has 0 heterocycles. The maximum absolute atomic E-state index is 12.1. The number of benzene rings is 2. The predicted molar refractivity (Wildman–Crippen MR) is 97.4 cm³/mol. The molecule has 0 aliphatic heterocycles. The number of aryl methyl sites for hydroxylation is 1. The van der Waals surface area contributed by atoms with Gasteiger partial charge < -0.3 is 19.5 Å². The zero-order chi connectivity index (χ0) is 20.4. The molecule has 0 radical (unpaired) electrons. The fraction of sp³-hybridized carbons (Fsp3) is 0.300. The molecule has 1 N–H and O–H groups in total. The van der Waals surface area contributed by atoms with E-state index in [1.807, 2.05) is 19.1 Å². The highest BCUT2D eigenvalue weighted by atomic mass is 19.3. The second-order valence-corrected chi connectivity index (χ2v) is 5.84. The van der Waals surface area contributed by atoms with Crippen LogP contribution in [0.15, 0.2) is 48.5 Å². The number of nitrogens with one attached hydrogen (secondary N) is 1. The van der Waals surface area contributed by atoms with E-state index >= 15 is 0 Å². The standard InChI is InChI=1S/C20H21F2NO5/c1-14-4-2-3-5-17(14)26-13-19(25)27-12-18(24)23-11-10-15-6-8-16(9-7-15)28-20(21)22/h2-9,20H,10-13H2,1H3,(H,23,24). The van der Waals surface area contributed by atoms with Crippen LogP contribution in [0.2, 0.25) is 0 Å². The molecule has 2 aromatic rings. The van der Waals surface area contributed by atoms with Crippen molar-refractivity contribution in [1.82, 2.24) is 5.32 Å². The van der Waals surface area contributed by atoms with Crippen LogP contribution in [-0.2, 0) is 20.7 Å². The van der Waals surface area contributed by atoms with Gasteiger partial charge in [0.25, 0.3) is 5.91 Å². The van der Waals surface area contributed by atoms with Gasteiger partial charge in [-0.3, -0.25) is 4.79 Å². The molecule has 0 fully saturated rings. The molecule has 8 heteroatoms. The molecular weight excluding hydrogens is 372 g/mol. The summed E-state index contributed by atoms with van der Waals surface area (Å²) in [5, 5.41) is 2.61. The number of esters is 1. The van der Waals surface area contributed by atoms with E-state index in [1.54, 1.807) is 24.3 Å². The van der Waals surface area contributed by atoms with Crippen molar-refractivity contribution in [2.24, 2.45) is 0 Å². The Kier molecular flexibility index (Phi) is 8.20. The largest absolute Gasteiger partial charge is 0.482 e. The highest BCUT2D eigenvalue weighted by Gasteiger charge is 2.09. The molecular formula is C20H21F2NO5. The Labute approximate surface area is 161 Å². The number of carbonyl (C=O) groups is 2. The first-order valence-corrected chi connectivity index (χ1v) is 8.58. The van der Waals surface area contributed by atoms with Gasteiger partial charge in [0.05, 0.1) is 0 Å². The third-order valence-electron chi connectivity index (χ3n) is 3.69. The normalized spacial score (nSPS) is 10.4. The monoisotopic (exact) mass is 393 g/mol. The van der Waals surface area contributed by atoms with Gasteiger partial charge in [-0.2, -0.15) is 8.78 Å². The number of alkyl halides is 2. The first kappa shape index (κ1) is 21.1. The molecule has 0 saturated carbocycles. The fourth-order valence-corrected chi connectivity index (χ4v) is 2.28. The number of hydrogen-bond acceptors (Lipinski definition) is 5. The highest BCUT2D eigenvalue weighted by molar-refractivity contribution is 5.80. The van der Waals surface area contributed by atoms with Crippen LogP contribution in [0, 0.1) is 6.92 Å². The van der Waals surface area contributed by atoms with E-state index in [2.05, 4.69) is 10.1 Å². The van der Waals surface area contributed by atoms with Gasteiger partial charge in [0.2, 0.25) is 0 Å². The number of amides is 1. The van der Waals surface area contributed by atoms with Gasteiger partial charge in [0.1, 0.15) is 11.5 Å². The number of rotatable bonds is 10. The van der Waals surface area contributed by atoms with Crippen molar-refractivity contribution in [1.29, 1.82) is 0 Å². The van der Waals surface area contributed by atoms with Crippen LogP contribution in [-0.4, -0.2) is 38.2 Å². The van der Waals surface area contributed by atoms with E-state index in [1.165, 1.54) is 12.1 Å². The Morgan fingerprint density at radius 3 is 2.43 bits per heavy atom. The van der Waals surface area contributed by atoms with E-state index in [0.29, 0.717) is 18.7 Å². The molecule has 0 spiro atoms. The summed E-state index contributed by atoms with van der Waals surface area (Å²) < 4.78 is 38.6. The number of para-hydroxylation sites is 1. The van der Waals surface area contributed by atoms with Crippen LogP contribution < -0.4 is 14.8 Å². The van der Waals surface area contributed by atoms with E-state index in [0.717, 1.165) is 11.1 Å². The zero-order valence-electron chi connectivity index (χ0n) is 15.3. The summed E-state index contributed by atoms with van der Waals surface area (Å²) in [5.41, 5.74) is 1.73. The molecule has 0 bridgehead atoms. The minimum Gasteiger partial charge on any atom is -0.482 e. The van der Waals surface area contributed by atoms with Crippen molar-refractivity contribution in [3.8, 4) is 11.5 Å². The third kappa shape index (κ3) is 7.61. The summed E-state index contributed by atoms with van der Waals surface area (Å²) in [6.07, 6.45) is 0.491. The second-order valence-electron chi connectivity index (χ2n) is 5.84. The van der Waals surface area contributed by atoms with Crippen LogP contribution in [0.5, 0.6) is 11.5 Å². The van der Waals surface area contributed by atoms with Crippen LogP contribution in [0.4, 0.5) is 8.78 Å². The lowest BCUT2D eigenvalue weighted by Gasteiger charge is -2.09. The van der Waals surface area contributed by atoms with Crippen molar-refractivity contribution >= 4 is 11.9 Å². The van der Waals surface area contributed by atoms with Gasteiger partial charge in [-0.05, 0) is 42.7 Å². The quantitative estimate of drug-likeness (QED) is 0.629. The van der Waals surface area contributed by atoms with E-state index in [9.17, 15) is 18.4 Å². The van der Waals surface area contributed by atoms with Gasteiger partial charge in [-0.1, -0.05) is 30.3 Å². The smallest absolute Gasteiger partial charge is 0.387 e. The molecule has 2 aromatic carbocycles. The Balaban J connectivity index is 1.62. The first-order chi connectivity index (χ1) is 13.4. The van der Waals surface area contributed by atoms with Crippen molar-refractivity contribution in [3.63, 3.8) is 0 Å². The summed E-state index contributed by atoms with van der Waals surface area (Å²) >= 11 is 0. The fourth-order valence-electron chi connectivity index (χ4n) is 2.28. The van der Waals surface area contributed by atoms with Gasteiger partial charge in [-0.15, -0.1) is 0 Å². The van der Waals surface area contributed by atoms with Crippen molar-refractivity contribution in [2.75, 3.05) is 19.8 Å². The molecule has 0 atom stereocenters. The summed E-state index contributed by atoms with van der Waals surface area (Å²) in [5.74, 6) is -0.439. The second kappa shape index (κ2) is 10.9. The molecule has 2 rings (SSSR count). The number of hydrogen-bond donors (Lipinski definition) is 1.